The molecule has 1 unspecified atom stereocenters. The van der Waals surface area contributed by atoms with Gasteiger partial charge in [-0.1, -0.05) is 12.1 Å². The van der Waals surface area contributed by atoms with E-state index in [4.69, 9.17) is 10.2 Å². The van der Waals surface area contributed by atoms with Gasteiger partial charge in [-0.05, 0) is 48.4 Å². The van der Waals surface area contributed by atoms with Crippen molar-refractivity contribution in [1.82, 2.24) is 4.90 Å². The average molecular weight is 420 g/mol. The number of likely N-dealkylation sites (tertiary alicyclic amines) is 1. The minimum atomic E-state index is -4.59. The molecule has 2 heterocycles. The molecule has 2 aromatic carbocycles. The summed E-state index contributed by atoms with van der Waals surface area (Å²) in [6, 6.07) is 10.4. The Balaban J connectivity index is 1.68. The predicted octanol–water partition coefficient (Wildman–Crippen LogP) is 5.15. The van der Waals surface area contributed by atoms with Crippen LogP contribution in [0.1, 0.15) is 35.0 Å². The van der Waals surface area contributed by atoms with Crippen molar-refractivity contribution in [3.05, 3.63) is 59.4 Å². The predicted molar refractivity (Wildman–Crippen MR) is 105 cm³/mol. The van der Waals surface area contributed by atoms with E-state index in [0.717, 1.165) is 6.07 Å². The van der Waals surface area contributed by atoms with E-state index < -0.39 is 17.4 Å². The van der Waals surface area contributed by atoms with E-state index in [2.05, 4.69) is 0 Å². The highest BCUT2D eigenvalue weighted by Gasteiger charge is 2.37. The molecule has 1 atom stereocenters. The van der Waals surface area contributed by atoms with Gasteiger partial charge in [-0.15, -0.1) is 0 Å². The summed E-state index contributed by atoms with van der Waals surface area (Å²) in [7, 11) is 0. The van der Waals surface area contributed by atoms with Crippen LogP contribution in [0, 0.1) is 0 Å². The van der Waals surface area contributed by atoms with Crippen LogP contribution in [0.5, 0.6) is 0 Å². The zero-order chi connectivity index (χ0) is 21.7. The van der Waals surface area contributed by atoms with Gasteiger partial charge in [-0.25, -0.2) is 4.39 Å². The second kappa shape index (κ2) is 7.12. The lowest BCUT2D eigenvalue weighted by atomic mass is 9.99. The van der Waals surface area contributed by atoms with Crippen molar-refractivity contribution in [3.63, 3.8) is 0 Å². The number of hydrogen-bond acceptors (Lipinski definition) is 3. The van der Waals surface area contributed by atoms with Gasteiger partial charge in [0, 0.05) is 23.9 Å². The number of benzene rings is 2. The van der Waals surface area contributed by atoms with Gasteiger partial charge in [-0.3, -0.25) is 4.79 Å². The van der Waals surface area contributed by atoms with Crippen molar-refractivity contribution >= 4 is 16.9 Å². The van der Waals surface area contributed by atoms with E-state index in [1.807, 2.05) is 0 Å². The molecule has 0 radical (unpaired) electrons. The average Bonchev–Trinajstić information content (AvgIpc) is 3.28. The minimum absolute atomic E-state index is 0.00740. The van der Waals surface area contributed by atoms with Crippen molar-refractivity contribution in [1.29, 1.82) is 0 Å². The van der Waals surface area contributed by atoms with E-state index in [1.54, 1.807) is 30.3 Å². The Labute approximate surface area is 170 Å². The fourth-order valence-corrected chi connectivity index (χ4v) is 3.77. The highest BCUT2D eigenvalue weighted by atomic mass is 19.4. The highest BCUT2D eigenvalue weighted by molar-refractivity contribution is 5.95. The van der Waals surface area contributed by atoms with Crippen LogP contribution in [0.3, 0.4) is 0 Å². The van der Waals surface area contributed by atoms with Crippen molar-refractivity contribution in [3.8, 4) is 11.1 Å². The molecule has 0 spiro atoms. The van der Waals surface area contributed by atoms with Gasteiger partial charge in [0.25, 0.3) is 5.91 Å². The molecule has 1 aromatic heterocycles. The smallest absolute Gasteiger partial charge is 0.420 e. The van der Waals surface area contributed by atoms with Gasteiger partial charge in [0.2, 0.25) is 0 Å². The standard InChI is InChI=1S/C22H20F4N2O2/c1-21(23)6-7-28(12-21)20(29)14-4-2-13(3-5-14)15-8-16-9-17(11-27)30-19(16)18(10-15)22(24,25)26/h2-5,8-10H,6-7,11-12,27H2,1H3. The van der Waals surface area contributed by atoms with Crippen LogP contribution in [-0.4, -0.2) is 29.6 Å². The number of carbonyl (C=O) groups is 1. The van der Waals surface area contributed by atoms with Crippen LogP contribution in [0.4, 0.5) is 17.6 Å². The normalized spacial score (nSPS) is 19.6. The van der Waals surface area contributed by atoms with E-state index in [1.165, 1.54) is 17.9 Å². The Morgan fingerprint density at radius 3 is 2.43 bits per heavy atom. The molecule has 1 fully saturated rings. The first-order valence-corrected chi connectivity index (χ1v) is 9.50. The van der Waals surface area contributed by atoms with Crippen molar-refractivity contribution < 1.29 is 26.8 Å². The maximum Gasteiger partial charge on any atom is 0.420 e. The lowest BCUT2D eigenvalue weighted by molar-refractivity contribution is -0.136. The van der Waals surface area contributed by atoms with Crippen molar-refractivity contribution in [2.24, 2.45) is 5.73 Å². The number of amides is 1. The summed E-state index contributed by atoms with van der Waals surface area (Å²) in [5.74, 6) is -0.0316. The van der Waals surface area contributed by atoms with Crippen LogP contribution in [0.15, 0.2) is 46.9 Å². The van der Waals surface area contributed by atoms with Crippen LogP contribution < -0.4 is 5.73 Å². The second-order valence-electron chi connectivity index (χ2n) is 7.82. The zero-order valence-electron chi connectivity index (χ0n) is 16.2. The molecule has 0 saturated carbocycles. The zero-order valence-corrected chi connectivity index (χ0v) is 16.2. The molecule has 2 N–H and O–H groups in total. The number of nitrogens with zero attached hydrogens (tertiary/aromatic N) is 1. The first-order valence-electron chi connectivity index (χ1n) is 9.50. The number of hydrogen-bond donors (Lipinski definition) is 1. The molecule has 0 bridgehead atoms. The second-order valence-corrected chi connectivity index (χ2v) is 7.82. The van der Waals surface area contributed by atoms with Gasteiger partial charge in [0.05, 0.1) is 18.7 Å². The molecule has 1 amide bonds. The molecule has 3 aromatic rings. The summed E-state index contributed by atoms with van der Waals surface area (Å²) in [5, 5.41) is 0.305. The van der Waals surface area contributed by atoms with Crippen molar-refractivity contribution in [2.45, 2.75) is 31.7 Å². The number of carbonyl (C=O) groups excluding carboxylic acids is 1. The highest BCUT2D eigenvalue weighted by Crippen LogP contribution is 2.39. The Kier molecular flexibility index (Phi) is 4.85. The molecule has 158 valence electrons. The largest absolute Gasteiger partial charge is 0.459 e. The maximum absolute atomic E-state index is 14.0. The van der Waals surface area contributed by atoms with E-state index in [-0.39, 0.29) is 36.8 Å². The summed E-state index contributed by atoms with van der Waals surface area (Å²) in [6.45, 7) is 1.82. The molecule has 8 heteroatoms. The summed E-state index contributed by atoms with van der Waals surface area (Å²) in [6.07, 6.45) is -4.31. The van der Waals surface area contributed by atoms with Gasteiger partial charge in [0.15, 0.2) is 0 Å². The van der Waals surface area contributed by atoms with E-state index >= 15 is 0 Å². The van der Waals surface area contributed by atoms with Crippen molar-refractivity contribution in [2.75, 3.05) is 13.1 Å². The summed E-state index contributed by atoms with van der Waals surface area (Å²) in [5.41, 5.74) is 4.20. The lowest BCUT2D eigenvalue weighted by Gasteiger charge is -2.18. The first-order chi connectivity index (χ1) is 14.1. The quantitative estimate of drug-likeness (QED) is 0.596. The van der Waals surface area contributed by atoms with Gasteiger partial charge in [0.1, 0.15) is 17.0 Å². The van der Waals surface area contributed by atoms with Crippen LogP contribution >= 0.6 is 0 Å². The molecule has 1 aliphatic heterocycles. The molecule has 30 heavy (non-hydrogen) atoms. The van der Waals surface area contributed by atoms with Gasteiger partial charge in [-0.2, -0.15) is 13.2 Å². The monoisotopic (exact) mass is 420 g/mol. The number of alkyl halides is 4. The van der Waals surface area contributed by atoms with E-state index in [9.17, 15) is 22.4 Å². The molecule has 1 saturated heterocycles. The summed E-state index contributed by atoms with van der Waals surface area (Å²) < 4.78 is 60.0. The Morgan fingerprint density at radius 2 is 1.87 bits per heavy atom. The number of furan rings is 1. The molecule has 4 rings (SSSR count). The minimum Gasteiger partial charge on any atom is -0.459 e. The fraction of sp³-hybridized carbons (Fsp3) is 0.318. The van der Waals surface area contributed by atoms with Gasteiger partial charge < -0.3 is 15.1 Å². The molecular formula is C22H20F4N2O2. The van der Waals surface area contributed by atoms with Crippen LogP contribution in [0.25, 0.3) is 22.1 Å². The van der Waals surface area contributed by atoms with Crippen LogP contribution in [0.2, 0.25) is 0 Å². The topological polar surface area (TPSA) is 59.5 Å². The number of nitrogens with two attached hydrogens (primary N) is 1. The molecule has 4 nitrogen and oxygen atoms in total. The fourth-order valence-electron chi connectivity index (χ4n) is 3.77. The Hall–Kier alpha value is -2.87. The third kappa shape index (κ3) is 3.79. The Bertz CT molecular complexity index is 1100. The SMILES string of the molecule is CC1(F)CCN(C(=O)c2ccc(-c3cc(C(F)(F)F)c4oc(CN)cc4c3)cc2)C1. The molecule has 1 aliphatic rings. The Morgan fingerprint density at radius 1 is 1.17 bits per heavy atom. The third-order valence-corrected chi connectivity index (χ3v) is 5.35. The number of fused-ring (bicyclic) bond motifs is 1. The molecule has 0 aliphatic carbocycles. The van der Waals surface area contributed by atoms with Crippen LogP contribution in [-0.2, 0) is 12.7 Å². The lowest BCUT2D eigenvalue weighted by Crippen LogP contribution is -2.31. The van der Waals surface area contributed by atoms with Gasteiger partial charge >= 0.3 is 6.18 Å². The number of halogens is 4. The summed E-state index contributed by atoms with van der Waals surface area (Å²) >= 11 is 0. The first kappa shape index (κ1) is 20.4. The summed E-state index contributed by atoms with van der Waals surface area (Å²) in [4.78, 5) is 14.0. The maximum atomic E-state index is 14.0. The van der Waals surface area contributed by atoms with E-state index in [0.29, 0.717) is 28.6 Å². The third-order valence-electron chi connectivity index (χ3n) is 5.35. The number of rotatable bonds is 3. The molecular weight excluding hydrogens is 400 g/mol.